The first kappa shape index (κ1) is 19.6. The number of carbonyl (C=O) groups excluding carboxylic acids is 1. The molecule has 2 N–H and O–H groups in total. The number of aromatic nitrogens is 2. The second kappa shape index (κ2) is 7.84. The van der Waals surface area contributed by atoms with Crippen LogP contribution in [0, 0.1) is 0 Å². The Morgan fingerprint density at radius 2 is 1.75 bits per heavy atom. The molecule has 0 fully saturated rings. The monoisotopic (exact) mass is 389 g/mol. The van der Waals surface area contributed by atoms with Gasteiger partial charge in [-0.05, 0) is 31.0 Å². The fourth-order valence-corrected chi connectivity index (χ4v) is 3.14. The van der Waals surface area contributed by atoms with Crippen molar-refractivity contribution in [2.45, 2.75) is 32.0 Å². The molecule has 0 saturated heterocycles. The van der Waals surface area contributed by atoms with Gasteiger partial charge in [0.1, 0.15) is 0 Å². The van der Waals surface area contributed by atoms with Gasteiger partial charge in [-0.15, -0.1) is 0 Å². The van der Waals surface area contributed by atoms with E-state index in [1.165, 1.54) is 18.2 Å². The first-order valence-corrected chi connectivity index (χ1v) is 8.66. The molecule has 0 bridgehead atoms. The number of amides is 1. The molecule has 3 aromatic rings. The smallest absolute Gasteiger partial charge is 0.353 e. The van der Waals surface area contributed by atoms with Gasteiger partial charge in [0.15, 0.2) is 0 Å². The van der Waals surface area contributed by atoms with Crippen molar-refractivity contribution in [2.24, 2.45) is 0 Å². The van der Waals surface area contributed by atoms with Crippen LogP contribution in [0.15, 0.2) is 53.3 Å². The molecule has 1 amide bonds. The van der Waals surface area contributed by atoms with Gasteiger partial charge < -0.3 is 5.32 Å². The highest BCUT2D eigenvalue weighted by molar-refractivity contribution is 5.88. The van der Waals surface area contributed by atoms with Crippen molar-refractivity contribution in [1.82, 2.24) is 15.5 Å². The predicted octanol–water partition coefficient (Wildman–Crippen LogP) is 3.23. The number of nitrogens with zero attached hydrogens (tertiary/aromatic N) is 1. The van der Waals surface area contributed by atoms with E-state index < -0.39 is 17.8 Å². The van der Waals surface area contributed by atoms with Crippen molar-refractivity contribution < 1.29 is 18.0 Å². The first-order chi connectivity index (χ1) is 13.3. The fraction of sp³-hybridized carbons (Fsp3) is 0.250. The lowest BCUT2D eigenvalue weighted by molar-refractivity contribution is -0.138. The molecule has 1 atom stereocenters. The molecule has 1 heterocycles. The van der Waals surface area contributed by atoms with Crippen LogP contribution < -0.4 is 10.9 Å². The van der Waals surface area contributed by atoms with Crippen molar-refractivity contribution in [3.8, 4) is 0 Å². The van der Waals surface area contributed by atoms with E-state index in [9.17, 15) is 22.8 Å². The molecule has 0 aliphatic heterocycles. The topological polar surface area (TPSA) is 74.8 Å². The predicted molar refractivity (Wildman–Crippen MR) is 98.8 cm³/mol. The zero-order valence-electron chi connectivity index (χ0n) is 15.0. The molecule has 28 heavy (non-hydrogen) atoms. The molecule has 8 heteroatoms. The van der Waals surface area contributed by atoms with E-state index in [-0.39, 0.29) is 29.9 Å². The minimum absolute atomic E-state index is 0.0429. The van der Waals surface area contributed by atoms with E-state index >= 15 is 0 Å². The Labute approximate surface area is 158 Å². The molecule has 1 aromatic heterocycles. The Bertz CT molecular complexity index is 1060. The number of hydrogen-bond donors (Lipinski definition) is 2. The van der Waals surface area contributed by atoms with Crippen LogP contribution in [0.3, 0.4) is 0 Å². The summed E-state index contributed by atoms with van der Waals surface area (Å²) in [4.78, 5) is 24.2. The number of halogens is 3. The number of carbonyl (C=O) groups is 1. The van der Waals surface area contributed by atoms with Crippen molar-refractivity contribution >= 4 is 16.7 Å². The molecule has 146 valence electrons. The van der Waals surface area contributed by atoms with Crippen molar-refractivity contribution in [1.29, 1.82) is 0 Å². The number of rotatable bonds is 5. The van der Waals surface area contributed by atoms with Crippen LogP contribution in [-0.4, -0.2) is 22.1 Å². The summed E-state index contributed by atoms with van der Waals surface area (Å²) in [5, 5.41) is 9.98. The van der Waals surface area contributed by atoms with Gasteiger partial charge in [0.2, 0.25) is 5.91 Å². The number of aromatic amines is 1. The molecular formula is C20H18F3N3O2. The van der Waals surface area contributed by atoms with Crippen molar-refractivity contribution in [2.75, 3.05) is 0 Å². The van der Waals surface area contributed by atoms with Gasteiger partial charge in [-0.1, -0.05) is 36.4 Å². The third-order valence-corrected chi connectivity index (χ3v) is 4.36. The summed E-state index contributed by atoms with van der Waals surface area (Å²) in [6, 6.07) is 11.6. The lowest BCUT2D eigenvalue weighted by atomic mass is 10.0. The average molecular weight is 389 g/mol. The number of hydrogen-bond acceptors (Lipinski definition) is 3. The summed E-state index contributed by atoms with van der Waals surface area (Å²) in [7, 11) is 0. The fourth-order valence-electron chi connectivity index (χ4n) is 3.14. The summed E-state index contributed by atoms with van der Waals surface area (Å²) in [5.41, 5.74) is -0.535. The number of benzene rings is 2. The molecule has 5 nitrogen and oxygen atoms in total. The summed E-state index contributed by atoms with van der Waals surface area (Å²) < 4.78 is 39.3. The summed E-state index contributed by atoms with van der Waals surface area (Å²) in [6.07, 6.45) is -4.50. The average Bonchev–Trinajstić information content (AvgIpc) is 2.63. The standard InChI is InChI=1S/C20H18F3N3O2/c1-12(10-13-6-2-5-9-16(13)20(21,22)23)24-18(27)11-17-14-7-3-4-8-15(14)19(28)26-25-17/h2-9,12H,10-11H2,1H3,(H,24,27)(H,26,28). The maximum atomic E-state index is 13.1. The Morgan fingerprint density at radius 1 is 1.11 bits per heavy atom. The molecular weight excluding hydrogens is 371 g/mol. The Kier molecular flexibility index (Phi) is 5.48. The molecule has 2 aromatic carbocycles. The molecule has 0 aliphatic carbocycles. The van der Waals surface area contributed by atoms with Crippen LogP contribution in [0.4, 0.5) is 13.2 Å². The van der Waals surface area contributed by atoms with Gasteiger partial charge in [-0.25, -0.2) is 5.10 Å². The van der Waals surface area contributed by atoms with Gasteiger partial charge in [0.05, 0.1) is 23.1 Å². The van der Waals surface area contributed by atoms with Crippen LogP contribution in [0.25, 0.3) is 10.8 Å². The second-order valence-corrected chi connectivity index (χ2v) is 6.55. The maximum Gasteiger partial charge on any atom is 0.416 e. The van der Waals surface area contributed by atoms with E-state index in [0.29, 0.717) is 16.5 Å². The highest BCUT2D eigenvalue weighted by atomic mass is 19.4. The molecule has 0 spiro atoms. The van der Waals surface area contributed by atoms with Crippen LogP contribution >= 0.6 is 0 Å². The zero-order valence-corrected chi connectivity index (χ0v) is 15.0. The highest BCUT2D eigenvalue weighted by Gasteiger charge is 2.33. The van der Waals surface area contributed by atoms with Gasteiger partial charge >= 0.3 is 6.18 Å². The van der Waals surface area contributed by atoms with Crippen LogP contribution in [-0.2, 0) is 23.8 Å². The molecule has 0 aliphatic rings. The zero-order chi connectivity index (χ0) is 20.3. The summed E-state index contributed by atoms with van der Waals surface area (Å²) in [6.45, 7) is 1.64. The SMILES string of the molecule is CC(Cc1ccccc1C(F)(F)F)NC(=O)Cc1n[nH]c(=O)c2ccccc12. The van der Waals surface area contributed by atoms with Crippen LogP contribution in [0.2, 0.25) is 0 Å². The number of fused-ring (bicyclic) bond motifs is 1. The Hall–Kier alpha value is -3.16. The lowest BCUT2D eigenvalue weighted by Gasteiger charge is -2.17. The van der Waals surface area contributed by atoms with Crippen LogP contribution in [0.1, 0.15) is 23.7 Å². The highest BCUT2D eigenvalue weighted by Crippen LogP contribution is 2.32. The molecule has 3 rings (SSSR count). The number of nitrogens with one attached hydrogen (secondary N) is 2. The maximum absolute atomic E-state index is 13.1. The van der Waals surface area contributed by atoms with E-state index in [2.05, 4.69) is 15.5 Å². The Morgan fingerprint density at radius 3 is 2.46 bits per heavy atom. The normalized spacial score (nSPS) is 12.7. The summed E-state index contributed by atoms with van der Waals surface area (Å²) >= 11 is 0. The largest absolute Gasteiger partial charge is 0.416 e. The summed E-state index contributed by atoms with van der Waals surface area (Å²) in [5.74, 6) is -0.387. The minimum atomic E-state index is -4.45. The van der Waals surface area contributed by atoms with E-state index in [1.54, 1.807) is 31.2 Å². The minimum Gasteiger partial charge on any atom is -0.353 e. The third-order valence-electron chi connectivity index (χ3n) is 4.36. The van der Waals surface area contributed by atoms with Gasteiger partial charge in [-0.3, -0.25) is 9.59 Å². The Balaban J connectivity index is 1.71. The van der Waals surface area contributed by atoms with Crippen LogP contribution in [0.5, 0.6) is 0 Å². The van der Waals surface area contributed by atoms with E-state index in [0.717, 1.165) is 6.07 Å². The van der Waals surface area contributed by atoms with Gasteiger partial charge in [-0.2, -0.15) is 18.3 Å². The lowest BCUT2D eigenvalue weighted by Crippen LogP contribution is -2.36. The van der Waals surface area contributed by atoms with Gasteiger partial charge in [0.25, 0.3) is 5.56 Å². The first-order valence-electron chi connectivity index (χ1n) is 8.66. The number of alkyl halides is 3. The van der Waals surface area contributed by atoms with E-state index in [4.69, 9.17) is 0 Å². The third kappa shape index (κ3) is 4.39. The number of H-pyrrole nitrogens is 1. The van der Waals surface area contributed by atoms with Crippen molar-refractivity contribution in [3.05, 3.63) is 75.7 Å². The molecule has 1 unspecified atom stereocenters. The quantitative estimate of drug-likeness (QED) is 0.704. The molecule has 0 radical (unpaired) electrons. The second-order valence-electron chi connectivity index (χ2n) is 6.55. The van der Waals surface area contributed by atoms with E-state index in [1.807, 2.05) is 0 Å². The van der Waals surface area contributed by atoms with Gasteiger partial charge in [0, 0.05) is 11.4 Å². The molecule has 0 saturated carbocycles. The van der Waals surface area contributed by atoms with Crippen molar-refractivity contribution in [3.63, 3.8) is 0 Å².